The predicted molar refractivity (Wildman–Crippen MR) is 89.6 cm³/mol. The van der Waals surface area contributed by atoms with Gasteiger partial charge in [-0.3, -0.25) is 9.80 Å². The van der Waals surface area contributed by atoms with Gasteiger partial charge in [-0.15, -0.1) is 0 Å². The van der Waals surface area contributed by atoms with Crippen molar-refractivity contribution < 1.29 is 0 Å². The minimum absolute atomic E-state index is 0.704. The molecule has 3 heteroatoms. The molecule has 0 bridgehead atoms. The number of rotatable bonds is 4. The number of hydrogen-bond donors (Lipinski definition) is 1. The van der Waals surface area contributed by atoms with Gasteiger partial charge in [0.2, 0.25) is 0 Å². The number of fused-ring (bicyclic) bond motifs is 1. The highest BCUT2D eigenvalue weighted by atomic mass is 15.3. The summed E-state index contributed by atoms with van der Waals surface area (Å²) < 4.78 is 0. The van der Waals surface area contributed by atoms with Crippen molar-refractivity contribution in [2.45, 2.75) is 77.5 Å². The quantitative estimate of drug-likeness (QED) is 0.859. The molecule has 0 radical (unpaired) electrons. The maximum atomic E-state index is 3.84. The van der Waals surface area contributed by atoms with Gasteiger partial charge >= 0.3 is 0 Å². The normalized spacial score (nSPS) is 38.6. The molecule has 3 rings (SSSR count). The fourth-order valence-corrected chi connectivity index (χ4v) is 5.03. The van der Waals surface area contributed by atoms with E-state index in [4.69, 9.17) is 0 Å². The highest BCUT2D eigenvalue weighted by Gasteiger charge is 2.44. The second-order valence-electron chi connectivity index (χ2n) is 8.34. The molecule has 3 aliphatic heterocycles. The lowest BCUT2D eigenvalue weighted by Crippen LogP contribution is -2.62. The van der Waals surface area contributed by atoms with Crippen LogP contribution in [-0.2, 0) is 0 Å². The predicted octanol–water partition coefficient (Wildman–Crippen LogP) is 2.57. The summed E-state index contributed by atoms with van der Waals surface area (Å²) in [7, 11) is 0. The molecule has 0 amide bonds. The number of hydrogen-bond acceptors (Lipinski definition) is 3. The maximum absolute atomic E-state index is 3.84. The topological polar surface area (TPSA) is 18.5 Å². The van der Waals surface area contributed by atoms with E-state index in [1.54, 1.807) is 0 Å². The fraction of sp³-hybridized carbons (Fsp3) is 1.00. The average molecular weight is 293 g/mol. The lowest BCUT2D eigenvalue weighted by atomic mass is 9.91. The van der Waals surface area contributed by atoms with Gasteiger partial charge in [0.1, 0.15) is 0 Å². The van der Waals surface area contributed by atoms with E-state index < -0.39 is 0 Å². The Labute approximate surface area is 131 Å². The molecule has 21 heavy (non-hydrogen) atoms. The summed E-state index contributed by atoms with van der Waals surface area (Å²) >= 11 is 0. The molecular formula is C18H35N3. The zero-order chi connectivity index (χ0) is 15.0. The van der Waals surface area contributed by atoms with Crippen molar-refractivity contribution in [3.8, 4) is 0 Å². The van der Waals surface area contributed by atoms with Crippen molar-refractivity contribution in [2.75, 3.05) is 26.2 Å². The molecular weight excluding hydrogens is 258 g/mol. The lowest BCUT2D eigenvalue weighted by molar-refractivity contribution is 0.0394. The van der Waals surface area contributed by atoms with E-state index in [2.05, 4.69) is 42.8 Å². The van der Waals surface area contributed by atoms with Crippen LogP contribution in [0, 0.1) is 11.8 Å². The standard InChI is InChI=1S/C18H35N3/c1-13(2)10-15-12-21(18(11-19-15)14(3)4)17-7-9-20-8-5-6-16(17)20/h13-19H,5-12H2,1-4H3. The summed E-state index contributed by atoms with van der Waals surface area (Å²) in [6, 6.07) is 3.13. The Kier molecular flexibility index (Phi) is 4.92. The third-order valence-corrected chi connectivity index (χ3v) is 5.99. The van der Waals surface area contributed by atoms with E-state index >= 15 is 0 Å². The first-order chi connectivity index (χ1) is 10.1. The number of nitrogens with zero attached hydrogens (tertiary/aromatic N) is 2. The van der Waals surface area contributed by atoms with Gasteiger partial charge in [-0.1, -0.05) is 27.7 Å². The summed E-state index contributed by atoms with van der Waals surface area (Å²) in [6.45, 7) is 14.7. The molecule has 4 atom stereocenters. The fourth-order valence-electron chi connectivity index (χ4n) is 5.03. The highest BCUT2D eigenvalue weighted by molar-refractivity contribution is 5.01. The van der Waals surface area contributed by atoms with E-state index in [0.29, 0.717) is 6.04 Å². The zero-order valence-electron chi connectivity index (χ0n) is 14.5. The molecule has 3 fully saturated rings. The Hall–Kier alpha value is -0.120. The highest BCUT2D eigenvalue weighted by Crippen LogP contribution is 2.34. The van der Waals surface area contributed by atoms with Crippen LogP contribution in [0.1, 0.15) is 53.4 Å². The van der Waals surface area contributed by atoms with Crippen LogP contribution < -0.4 is 5.32 Å². The van der Waals surface area contributed by atoms with Crippen LogP contribution in [0.4, 0.5) is 0 Å². The van der Waals surface area contributed by atoms with Crippen LogP contribution in [0.5, 0.6) is 0 Å². The molecule has 3 saturated heterocycles. The van der Waals surface area contributed by atoms with E-state index in [9.17, 15) is 0 Å². The largest absolute Gasteiger partial charge is 0.311 e. The summed E-state index contributed by atoms with van der Waals surface area (Å²) in [5.41, 5.74) is 0. The van der Waals surface area contributed by atoms with Crippen molar-refractivity contribution in [2.24, 2.45) is 11.8 Å². The third kappa shape index (κ3) is 3.30. The monoisotopic (exact) mass is 293 g/mol. The SMILES string of the molecule is CC(C)CC1CN(C2CCN3CCCC23)C(C(C)C)CN1. The Morgan fingerprint density at radius 3 is 2.57 bits per heavy atom. The van der Waals surface area contributed by atoms with Crippen LogP contribution in [0.15, 0.2) is 0 Å². The molecule has 0 aromatic heterocycles. The van der Waals surface area contributed by atoms with Crippen molar-refractivity contribution >= 4 is 0 Å². The van der Waals surface area contributed by atoms with Crippen LogP contribution in [0.25, 0.3) is 0 Å². The lowest BCUT2D eigenvalue weighted by Gasteiger charge is -2.47. The zero-order valence-corrected chi connectivity index (χ0v) is 14.5. The van der Waals surface area contributed by atoms with Gasteiger partial charge in [0.25, 0.3) is 0 Å². The van der Waals surface area contributed by atoms with E-state index in [1.807, 2.05) is 0 Å². The van der Waals surface area contributed by atoms with Crippen LogP contribution in [0.3, 0.4) is 0 Å². The minimum Gasteiger partial charge on any atom is -0.311 e. The van der Waals surface area contributed by atoms with Gasteiger partial charge in [-0.05, 0) is 44.1 Å². The number of nitrogens with one attached hydrogen (secondary N) is 1. The molecule has 3 aliphatic rings. The Morgan fingerprint density at radius 2 is 1.86 bits per heavy atom. The molecule has 1 N–H and O–H groups in total. The number of piperazine rings is 1. The first-order valence-corrected chi connectivity index (χ1v) is 9.29. The first-order valence-electron chi connectivity index (χ1n) is 9.29. The summed E-state index contributed by atoms with van der Waals surface area (Å²) in [5.74, 6) is 1.56. The molecule has 0 spiro atoms. The maximum Gasteiger partial charge on any atom is 0.0268 e. The van der Waals surface area contributed by atoms with Crippen LogP contribution in [0.2, 0.25) is 0 Å². The molecule has 0 aromatic rings. The summed E-state index contributed by atoms with van der Waals surface area (Å²) in [5, 5.41) is 3.84. The van der Waals surface area contributed by atoms with E-state index in [-0.39, 0.29) is 0 Å². The molecule has 122 valence electrons. The molecule has 0 aromatic carbocycles. The molecule has 4 unspecified atom stereocenters. The van der Waals surface area contributed by atoms with Crippen molar-refractivity contribution in [3.05, 3.63) is 0 Å². The molecule has 3 nitrogen and oxygen atoms in total. The Morgan fingerprint density at radius 1 is 1.05 bits per heavy atom. The molecule has 0 saturated carbocycles. The minimum atomic E-state index is 0.704. The van der Waals surface area contributed by atoms with Gasteiger partial charge in [0.15, 0.2) is 0 Å². The average Bonchev–Trinajstić information content (AvgIpc) is 2.99. The Bertz CT molecular complexity index is 341. The van der Waals surface area contributed by atoms with Gasteiger partial charge in [-0.25, -0.2) is 0 Å². The van der Waals surface area contributed by atoms with Gasteiger partial charge < -0.3 is 5.32 Å². The van der Waals surface area contributed by atoms with E-state index in [0.717, 1.165) is 30.0 Å². The van der Waals surface area contributed by atoms with Gasteiger partial charge in [-0.2, -0.15) is 0 Å². The molecule has 3 heterocycles. The second-order valence-corrected chi connectivity index (χ2v) is 8.34. The molecule has 0 aliphatic carbocycles. The van der Waals surface area contributed by atoms with Crippen molar-refractivity contribution in [1.29, 1.82) is 0 Å². The third-order valence-electron chi connectivity index (χ3n) is 5.99. The second kappa shape index (κ2) is 6.55. The summed E-state index contributed by atoms with van der Waals surface area (Å²) in [6.07, 6.45) is 5.59. The van der Waals surface area contributed by atoms with Crippen molar-refractivity contribution in [3.63, 3.8) is 0 Å². The first kappa shape index (κ1) is 15.8. The van der Waals surface area contributed by atoms with Crippen molar-refractivity contribution in [1.82, 2.24) is 15.1 Å². The smallest absolute Gasteiger partial charge is 0.0268 e. The van der Waals surface area contributed by atoms with Gasteiger partial charge in [0, 0.05) is 43.8 Å². The summed E-state index contributed by atoms with van der Waals surface area (Å²) in [4.78, 5) is 5.69. The van der Waals surface area contributed by atoms with Gasteiger partial charge in [0.05, 0.1) is 0 Å². The van der Waals surface area contributed by atoms with Crippen LogP contribution >= 0.6 is 0 Å². The van der Waals surface area contributed by atoms with E-state index in [1.165, 1.54) is 51.9 Å². The Balaban J connectivity index is 1.71. The van der Waals surface area contributed by atoms with Crippen LogP contribution in [-0.4, -0.2) is 60.1 Å².